The first-order chi connectivity index (χ1) is 15.1. The van der Waals surface area contributed by atoms with E-state index in [1.54, 1.807) is 18.2 Å². The first kappa shape index (κ1) is 25.1. The molecule has 2 aromatic rings. The number of halogens is 3. The van der Waals surface area contributed by atoms with Crippen LogP contribution >= 0.6 is 34.8 Å². The summed E-state index contributed by atoms with van der Waals surface area (Å²) in [7, 11) is 0. The molecule has 0 N–H and O–H groups in total. The Balaban J connectivity index is 1.57. The average molecular weight is 501 g/mol. The second kappa shape index (κ2) is 11.1. The molecule has 0 bridgehead atoms. The zero-order chi connectivity index (χ0) is 23.3. The summed E-state index contributed by atoms with van der Waals surface area (Å²) in [5.41, 5.74) is 1.20. The highest BCUT2D eigenvalue weighted by Crippen LogP contribution is 2.32. The zero-order valence-electron chi connectivity index (χ0n) is 18.5. The molecule has 174 valence electrons. The van der Waals surface area contributed by atoms with Crippen molar-refractivity contribution in [3.8, 4) is 5.75 Å². The van der Waals surface area contributed by atoms with E-state index in [4.69, 9.17) is 49.0 Å². The van der Waals surface area contributed by atoms with E-state index in [0.717, 1.165) is 12.1 Å². The van der Waals surface area contributed by atoms with Gasteiger partial charge in [0.2, 0.25) is 0 Å². The van der Waals surface area contributed by atoms with Crippen LogP contribution in [-0.2, 0) is 20.9 Å². The van der Waals surface area contributed by atoms with E-state index in [1.165, 1.54) is 0 Å². The van der Waals surface area contributed by atoms with Crippen LogP contribution in [0.2, 0.25) is 15.1 Å². The minimum atomic E-state index is -0.470. The van der Waals surface area contributed by atoms with E-state index >= 15 is 0 Å². The Morgan fingerprint density at radius 3 is 2.50 bits per heavy atom. The molecule has 5 nitrogen and oxygen atoms in total. The van der Waals surface area contributed by atoms with Crippen molar-refractivity contribution < 1.29 is 19.0 Å². The van der Waals surface area contributed by atoms with Gasteiger partial charge in [-0.15, -0.1) is 0 Å². The summed E-state index contributed by atoms with van der Waals surface area (Å²) < 4.78 is 17.2. The summed E-state index contributed by atoms with van der Waals surface area (Å²) in [5.74, 6) is 0.354. The summed E-state index contributed by atoms with van der Waals surface area (Å²) >= 11 is 18.9. The van der Waals surface area contributed by atoms with Gasteiger partial charge in [0.1, 0.15) is 18.0 Å². The number of hydrogen-bond acceptors (Lipinski definition) is 5. The molecule has 1 unspecified atom stereocenters. The van der Waals surface area contributed by atoms with Crippen molar-refractivity contribution in [2.45, 2.75) is 45.5 Å². The third-order valence-corrected chi connectivity index (χ3v) is 5.97. The number of benzene rings is 2. The lowest BCUT2D eigenvalue weighted by atomic mass is 10.1. The Morgan fingerprint density at radius 2 is 1.84 bits per heavy atom. The highest BCUT2D eigenvalue weighted by molar-refractivity contribution is 6.36. The number of carbonyl (C=O) groups excluding carboxylic acids is 1. The van der Waals surface area contributed by atoms with E-state index in [9.17, 15) is 4.79 Å². The average Bonchev–Trinajstić information content (AvgIpc) is 2.72. The summed E-state index contributed by atoms with van der Waals surface area (Å²) in [6.45, 7) is 8.49. The van der Waals surface area contributed by atoms with Gasteiger partial charge in [-0.05, 0) is 50.6 Å². The van der Waals surface area contributed by atoms with Crippen molar-refractivity contribution >= 4 is 40.8 Å². The van der Waals surface area contributed by atoms with Gasteiger partial charge >= 0.3 is 5.97 Å². The highest BCUT2D eigenvalue weighted by atomic mass is 35.5. The van der Waals surface area contributed by atoms with E-state index in [-0.39, 0.29) is 18.7 Å². The van der Waals surface area contributed by atoms with Crippen LogP contribution in [0.5, 0.6) is 5.75 Å². The monoisotopic (exact) mass is 499 g/mol. The van der Waals surface area contributed by atoms with Crippen LogP contribution in [0.25, 0.3) is 0 Å². The molecule has 1 heterocycles. The summed E-state index contributed by atoms with van der Waals surface area (Å²) in [5, 5.41) is 1.58. The molecule has 1 saturated heterocycles. The Kier molecular flexibility index (Phi) is 8.70. The zero-order valence-corrected chi connectivity index (χ0v) is 20.8. The smallest absolute Gasteiger partial charge is 0.307 e. The fourth-order valence-electron chi connectivity index (χ4n) is 3.40. The van der Waals surface area contributed by atoms with E-state index in [0.29, 0.717) is 52.5 Å². The Bertz CT molecular complexity index is 925. The SMILES string of the molecule is CC(C)(C)OC(=O)CCN1CCOC(c2ccc(OCc3c(Cl)cccc3Cl)c(Cl)c2)C1. The molecule has 1 aliphatic rings. The lowest BCUT2D eigenvalue weighted by Crippen LogP contribution is -2.40. The number of nitrogens with zero attached hydrogens (tertiary/aromatic N) is 1. The van der Waals surface area contributed by atoms with E-state index < -0.39 is 5.60 Å². The van der Waals surface area contributed by atoms with Gasteiger partial charge in [-0.25, -0.2) is 0 Å². The third-order valence-electron chi connectivity index (χ3n) is 4.96. The van der Waals surface area contributed by atoms with E-state index in [1.807, 2.05) is 39.0 Å². The summed E-state index contributed by atoms with van der Waals surface area (Å²) in [4.78, 5) is 14.2. The Labute approximate surface area is 204 Å². The number of carbonyl (C=O) groups is 1. The second-order valence-electron chi connectivity index (χ2n) is 8.68. The van der Waals surface area contributed by atoms with Crippen LogP contribution in [0.1, 0.15) is 44.4 Å². The number of ether oxygens (including phenoxy) is 3. The molecule has 0 radical (unpaired) electrons. The van der Waals surface area contributed by atoms with Gasteiger partial charge in [0.15, 0.2) is 0 Å². The predicted octanol–water partition coefficient (Wildman–Crippen LogP) is 6.33. The number of hydrogen-bond donors (Lipinski definition) is 0. The van der Waals surface area contributed by atoms with Crippen LogP contribution in [-0.4, -0.2) is 42.7 Å². The fraction of sp³-hybridized carbons (Fsp3) is 0.458. The molecule has 1 fully saturated rings. The largest absolute Gasteiger partial charge is 0.487 e. The van der Waals surface area contributed by atoms with Crippen LogP contribution in [0.15, 0.2) is 36.4 Å². The maximum atomic E-state index is 12.0. The molecule has 0 spiro atoms. The standard InChI is InChI=1S/C24H28Cl3NO4/c1-24(2,3)32-23(29)9-10-28-11-12-30-22(14-28)16-7-8-21(20(27)13-16)31-15-17-18(25)5-4-6-19(17)26/h4-8,13,22H,9-12,14-15H2,1-3H3. The van der Waals surface area contributed by atoms with Gasteiger partial charge in [-0.3, -0.25) is 9.69 Å². The van der Waals surface area contributed by atoms with Gasteiger partial charge in [-0.1, -0.05) is 46.9 Å². The molecule has 0 aromatic heterocycles. The van der Waals surface area contributed by atoms with Crippen molar-refractivity contribution in [1.82, 2.24) is 4.90 Å². The van der Waals surface area contributed by atoms with Crippen LogP contribution in [0.3, 0.4) is 0 Å². The van der Waals surface area contributed by atoms with Crippen molar-refractivity contribution in [3.05, 3.63) is 62.6 Å². The van der Waals surface area contributed by atoms with Gasteiger partial charge in [0.25, 0.3) is 0 Å². The van der Waals surface area contributed by atoms with Gasteiger partial charge in [-0.2, -0.15) is 0 Å². The van der Waals surface area contributed by atoms with E-state index in [2.05, 4.69) is 4.90 Å². The summed E-state index contributed by atoms with van der Waals surface area (Å²) in [6, 6.07) is 10.9. The van der Waals surface area contributed by atoms with Gasteiger partial charge < -0.3 is 14.2 Å². The van der Waals surface area contributed by atoms with Crippen molar-refractivity contribution in [2.24, 2.45) is 0 Å². The lowest BCUT2D eigenvalue weighted by molar-refractivity contribution is -0.155. The van der Waals surface area contributed by atoms with Crippen molar-refractivity contribution in [1.29, 1.82) is 0 Å². The molecule has 0 saturated carbocycles. The number of morpholine rings is 1. The molecular weight excluding hydrogens is 473 g/mol. The molecular formula is C24H28Cl3NO4. The maximum absolute atomic E-state index is 12.0. The quantitative estimate of drug-likeness (QED) is 0.416. The first-order valence-corrected chi connectivity index (χ1v) is 11.7. The predicted molar refractivity (Wildman–Crippen MR) is 128 cm³/mol. The molecule has 32 heavy (non-hydrogen) atoms. The van der Waals surface area contributed by atoms with Crippen LogP contribution < -0.4 is 4.74 Å². The topological polar surface area (TPSA) is 48.0 Å². The van der Waals surface area contributed by atoms with Crippen molar-refractivity contribution in [2.75, 3.05) is 26.2 Å². The molecule has 8 heteroatoms. The number of esters is 1. The van der Waals surface area contributed by atoms with Crippen molar-refractivity contribution in [3.63, 3.8) is 0 Å². The minimum Gasteiger partial charge on any atom is -0.487 e. The fourth-order valence-corrected chi connectivity index (χ4v) is 4.15. The highest BCUT2D eigenvalue weighted by Gasteiger charge is 2.24. The normalized spacial score (nSPS) is 17.2. The molecule has 0 aliphatic carbocycles. The lowest BCUT2D eigenvalue weighted by Gasteiger charge is -2.33. The third kappa shape index (κ3) is 7.26. The minimum absolute atomic E-state index is 0.132. The Morgan fingerprint density at radius 1 is 1.12 bits per heavy atom. The second-order valence-corrected chi connectivity index (χ2v) is 9.90. The Hall–Kier alpha value is -1.50. The summed E-state index contributed by atoms with van der Waals surface area (Å²) in [6.07, 6.45) is 0.217. The van der Waals surface area contributed by atoms with Crippen LogP contribution in [0, 0.1) is 0 Å². The number of rotatable bonds is 7. The molecule has 3 rings (SSSR count). The molecule has 2 aromatic carbocycles. The van der Waals surface area contributed by atoms with Gasteiger partial charge in [0.05, 0.1) is 24.2 Å². The van der Waals surface area contributed by atoms with Crippen LogP contribution in [0.4, 0.5) is 0 Å². The maximum Gasteiger partial charge on any atom is 0.307 e. The molecule has 0 amide bonds. The molecule has 1 atom stereocenters. The van der Waals surface area contributed by atoms with Gasteiger partial charge in [0, 0.05) is 35.2 Å². The first-order valence-electron chi connectivity index (χ1n) is 10.5. The molecule has 1 aliphatic heterocycles.